The molecule has 0 aliphatic carbocycles. The van der Waals surface area contributed by atoms with Gasteiger partial charge < -0.3 is 9.47 Å². The Kier molecular flexibility index (Phi) is 4.07. The number of isothiocyanates is 1. The third-order valence-corrected chi connectivity index (χ3v) is 2.33. The minimum Gasteiger partial charge on any atom is -0.495 e. The number of halogens is 1. The Hall–Kier alpha value is -0.900. The zero-order valence-electron chi connectivity index (χ0n) is 7.70. The van der Waals surface area contributed by atoms with E-state index < -0.39 is 0 Å². The first-order valence-corrected chi connectivity index (χ1v) is 4.92. The number of rotatable bonds is 3. The number of aliphatic imine (C=N–C) groups is 1. The van der Waals surface area contributed by atoms with Gasteiger partial charge in [0.2, 0.25) is 0 Å². The van der Waals surface area contributed by atoms with Crippen molar-refractivity contribution < 1.29 is 9.47 Å². The van der Waals surface area contributed by atoms with Crippen LogP contribution in [-0.2, 0) is 0 Å². The van der Waals surface area contributed by atoms with Crippen molar-refractivity contribution in [3.8, 4) is 11.5 Å². The van der Waals surface area contributed by atoms with Crippen molar-refractivity contribution in [1.29, 1.82) is 0 Å². The summed E-state index contributed by atoms with van der Waals surface area (Å²) >= 11 is 7.87. The molecule has 0 saturated heterocycles. The number of ether oxygens (including phenoxy) is 2. The van der Waals surface area contributed by atoms with E-state index in [0.29, 0.717) is 17.2 Å². The first-order chi connectivity index (χ1) is 6.72. The third kappa shape index (κ3) is 2.32. The van der Waals surface area contributed by atoms with E-state index in [1.807, 2.05) is 0 Å². The maximum Gasteiger partial charge on any atom is 0.149 e. The van der Waals surface area contributed by atoms with E-state index in [1.54, 1.807) is 26.4 Å². The Morgan fingerprint density at radius 2 is 1.93 bits per heavy atom. The van der Waals surface area contributed by atoms with Crippen LogP contribution in [0.15, 0.2) is 21.6 Å². The molecule has 0 heterocycles. The van der Waals surface area contributed by atoms with Gasteiger partial charge >= 0.3 is 0 Å². The van der Waals surface area contributed by atoms with Gasteiger partial charge in [-0.1, -0.05) is 0 Å². The highest BCUT2D eigenvalue weighted by Gasteiger charge is 2.08. The molecule has 0 atom stereocenters. The Morgan fingerprint density at radius 3 is 2.43 bits per heavy atom. The number of nitrogens with zero attached hydrogens (tertiary/aromatic N) is 1. The molecule has 0 saturated carbocycles. The molecule has 14 heavy (non-hydrogen) atoms. The first kappa shape index (κ1) is 11.2. The zero-order chi connectivity index (χ0) is 10.6. The fraction of sp³-hybridized carbons (Fsp3) is 0.222. The smallest absolute Gasteiger partial charge is 0.149 e. The zero-order valence-corrected chi connectivity index (χ0v) is 10.1. The first-order valence-electron chi connectivity index (χ1n) is 3.72. The number of benzene rings is 1. The van der Waals surface area contributed by atoms with Gasteiger partial charge in [-0.25, -0.2) is 0 Å². The number of hydrogen-bond acceptors (Lipinski definition) is 4. The van der Waals surface area contributed by atoms with E-state index in [2.05, 4.69) is 38.3 Å². The van der Waals surface area contributed by atoms with Gasteiger partial charge in [0.1, 0.15) is 17.2 Å². The lowest BCUT2D eigenvalue weighted by Gasteiger charge is -2.08. The van der Waals surface area contributed by atoms with Crippen molar-refractivity contribution in [1.82, 2.24) is 0 Å². The highest BCUT2D eigenvalue weighted by molar-refractivity contribution is 9.10. The molecule has 5 heteroatoms. The molecule has 0 aromatic heterocycles. The van der Waals surface area contributed by atoms with Crippen molar-refractivity contribution in [3.05, 3.63) is 16.6 Å². The third-order valence-electron chi connectivity index (χ3n) is 1.62. The minimum absolute atomic E-state index is 0.599. The largest absolute Gasteiger partial charge is 0.495 e. The van der Waals surface area contributed by atoms with Crippen LogP contribution in [0.5, 0.6) is 11.5 Å². The lowest BCUT2D eigenvalue weighted by atomic mass is 10.3. The van der Waals surface area contributed by atoms with Crippen LogP contribution in [0.4, 0.5) is 5.69 Å². The molecule has 0 fully saturated rings. The normalized spacial score (nSPS) is 9.07. The maximum atomic E-state index is 5.11. The number of methoxy groups -OCH3 is 2. The summed E-state index contributed by atoms with van der Waals surface area (Å²) in [7, 11) is 3.15. The molecule has 1 aromatic carbocycles. The number of hydrogen-bond donors (Lipinski definition) is 0. The standard InChI is InChI=1S/C9H8BrNO2S/c1-12-8-4-9(13-2)7(11-5-14)3-6(8)10/h3-4H,1-2H3. The second kappa shape index (κ2) is 5.10. The van der Waals surface area contributed by atoms with E-state index in [0.717, 1.165) is 4.47 Å². The predicted molar refractivity (Wildman–Crippen MR) is 61.9 cm³/mol. The van der Waals surface area contributed by atoms with E-state index in [1.165, 1.54) is 0 Å². The van der Waals surface area contributed by atoms with Crippen LogP contribution in [0.1, 0.15) is 0 Å². The fourth-order valence-corrected chi connectivity index (χ4v) is 1.57. The van der Waals surface area contributed by atoms with E-state index >= 15 is 0 Å². The Morgan fingerprint density at radius 1 is 1.29 bits per heavy atom. The molecule has 0 N–H and O–H groups in total. The predicted octanol–water partition coefficient (Wildman–Crippen LogP) is 3.20. The summed E-state index contributed by atoms with van der Waals surface area (Å²) in [6.45, 7) is 0. The van der Waals surface area contributed by atoms with Crippen molar-refractivity contribution in [2.24, 2.45) is 4.99 Å². The van der Waals surface area contributed by atoms with Crippen LogP contribution in [0.25, 0.3) is 0 Å². The quantitative estimate of drug-likeness (QED) is 0.626. The van der Waals surface area contributed by atoms with Gasteiger partial charge in [0.05, 0.1) is 23.9 Å². The van der Waals surface area contributed by atoms with Crippen LogP contribution in [0.3, 0.4) is 0 Å². The highest BCUT2D eigenvalue weighted by atomic mass is 79.9. The molecule has 0 radical (unpaired) electrons. The summed E-state index contributed by atoms with van der Waals surface area (Å²) in [5, 5.41) is 2.29. The average molecular weight is 274 g/mol. The molecule has 0 spiro atoms. The fourth-order valence-electron chi connectivity index (χ4n) is 0.981. The van der Waals surface area contributed by atoms with Gasteiger partial charge in [-0.15, -0.1) is 0 Å². The molecule has 0 aliphatic heterocycles. The molecule has 0 amide bonds. The molecule has 74 valence electrons. The van der Waals surface area contributed by atoms with Crippen LogP contribution in [0, 0.1) is 0 Å². The summed E-state index contributed by atoms with van der Waals surface area (Å²) in [6.07, 6.45) is 0. The van der Waals surface area contributed by atoms with Crippen LogP contribution in [-0.4, -0.2) is 19.4 Å². The van der Waals surface area contributed by atoms with E-state index in [-0.39, 0.29) is 0 Å². The van der Waals surface area contributed by atoms with Crippen LogP contribution < -0.4 is 9.47 Å². The van der Waals surface area contributed by atoms with E-state index in [4.69, 9.17) is 9.47 Å². The Bertz CT molecular complexity index is 389. The summed E-state index contributed by atoms with van der Waals surface area (Å²) < 4.78 is 11.0. The molecule has 0 aliphatic rings. The molecule has 0 unspecified atom stereocenters. The second-order valence-electron chi connectivity index (χ2n) is 2.36. The minimum atomic E-state index is 0.599. The summed E-state index contributed by atoms with van der Waals surface area (Å²) in [5.74, 6) is 1.28. The van der Waals surface area contributed by atoms with Crippen molar-refractivity contribution in [3.63, 3.8) is 0 Å². The van der Waals surface area contributed by atoms with Gasteiger partial charge in [-0.05, 0) is 34.2 Å². The SMILES string of the molecule is COc1cc(OC)c(N=C=S)cc1Br. The average Bonchev–Trinajstić information content (AvgIpc) is 2.19. The second-order valence-corrected chi connectivity index (χ2v) is 3.40. The van der Waals surface area contributed by atoms with Crippen molar-refractivity contribution in [2.45, 2.75) is 0 Å². The van der Waals surface area contributed by atoms with Crippen LogP contribution >= 0.6 is 28.1 Å². The van der Waals surface area contributed by atoms with Gasteiger partial charge in [0, 0.05) is 6.07 Å². The highest BCUT2D eigenvalue weighted by Crippen LogP contribution is 2.37. The molecular formula is C9H8BrNO2S. The Labute approximate surface area is 95.9 Å². The molecule has 1 rings (SSSR count). The van der Waals surface area contributed by atoms with Crippen molar-refractivity contribution in [2.75, 3.05) is 14.2 Å². The molecule has 3 nitrogen and oxygen atoms in total. The summed E-state index contributed by atoms with van der Waals surface area (Å²) in [6, 6.07) is 3.49. The Balaban J connectivity index is 3.30. The maximum absolute atomic E-state index is 5.11. The topological polar surface area (TPSA) is 30.8 Å². The number of thiocarbonyl (C=S) groups is 1. The lowest BCUT2D eigenvalue weighted by molar-refractivity contribution is 0.393. The lowest BCUT2D eigenvalue weighted by Crippen LogP contribution is -1.88. The summed E-state index contributed by atoms with van der Waals surface area (Å²) in [4.78, 5) is 3.87. The van der Waals surface area contributed by atoms with Crippen LogP contribution in [0.2, 0.25) is 0 Å². The molecule has 0 bridgehead atoms. The molecular weight excluding hydrogens is 266 g/mol. The van der Waals surface area contributed by atoms with Gasteiger partial charge in [0.25, 0.3) is 0 Å². The molecule has 1 aromatic rings. The van der Waals surface area contributed by atoms with E-state index in [9.17, 15) is 0 Å². The van der Waals surface area contributed by atoms with Gasteiger partial charge in [0.15, 0.2) is 0 Å². The van der Waals surface area contributed by atoms with Gasteiger partial charge in [-0.2, -0.15) is 4.99 Å². The van der Waals surface area contributed by atoms with Gasteiger partial charge in [-0.3, -0.25) is 0 Å². The summed E-state index contributed by atoms with van der Waals surface area (Å²) in [5.41, 5.74) is 0.621. The monoisotopic (exact) mass is 273 g/mol. The van der Waals surface area contributed by atoms with Crippen molar-refractivity contribution >= 4 is 39.0 Å².